The van der Waals surface area contributed by atoms with Crippen LogP contribution in [0.3, 0.4) is 0 Å². The number of ether oxygens (including phenoxy) is 2. The number of aryl methyl sites for hydroxylation is 1. The van der Waals surface area contributed by atoms with Crippen LogP contribution in [-0.4, -0.2) is 26.3 Å². The Hall–Kier alpha value is -4.25. The highest BCUT2D eigenvalue weighted by atomic mass is 16.6. The molecule has 184 valence electrons. The van der Waals surface area contributed by atoms with Crippen molar-refractivity contribution < 1.29 is 14.3 Å². The van der Waals surface area contributed by atoms with E-state index < -0.39 is 6.09 Å². The van der Waals surface area contributed by atoms with Gasteiger partial charge in [0, 0.05) is 35.9 Å². The lowest BCUT2D eigenvalue weighted by Crippen LogP contribution is -2.18. The first kappa shape index (κ1) is 23.5. The second-order valence-corrected chi connectivity index (χ2v) is 9.47. The van der Waals surface area contributed by atoms with E-state index in [0.29, 0.717) is 29.1 Å². The fraction of sp³-hybridized carbons (Fsp3) is 0.321. The van der Waals surface area contributed by atoms with Gasteiger partial charge in [-0.05, 0) is 69.9 Å². The number of fused-ring (bicyclic) bond motifs is 1. The number of nitrogens with one attached hydrogen (secondary N) is 1. The first-order valence-corrected chi connectivity index (χ1v) is 12.2. The zero-order valence-electron chi connectivity index (χ0n) is 20.9. The number of rotatable bonds is 6. The Kier molecular flexibility index (Phi) is 6.15. The Morgan fingerprint density at radius 1 is 1.19 bits per heavy atom. The van der Waals surface area contributed by atoms with Crippen LogP contribution in [0.4, 0.5) is 10.5 Å². The maximum atomic E-state index is 12.0. The van der Waals surface area contributed by atoms with E-state index in [0.717, 1.165) is 47.1 Å². The summed E-state index contributed by atoms with van der Waals surface area (Å²) in [7, 11) is 1.92. The molecule has 1 amide bonds. The molecule has 0 spiro atoms. The maximum Gasteiger partial charge on any atom is 0.411 e. The van der Waals surface area contributed by atoms with Crippen LogP contribution >= 0.6 is 0 Å². The van der Waals surface area contributed by atoms with Crippen molar-refractivity contribution in [3.05, 3.63) is 59.9 Å². The van der Waals surface area contributed by atoms with E-state index >= 15 is 0 Å². The van der Waals surface area contributed by atoms with Gasteiger partial charge in [0.1, 0.15) is 11.8 Å². The summed E-state index contributed by atoms with van der Waals surface area (Å²) in [6.45, 7) is 5.59. The zero-order valence-corrected chi connectivity index (χ0v) is 20.9. The Labute approximate surface area is 210 Å². The van der Waals surface area contributed by atoms with E-state index in [-0.39, 0.29) is 6.10 Å². The average molecular weight is 484 g/mol. The Bertz CT molecular complexity index is 1470. The fourth-order valence-electron chi connectivity index (χ4n) is 4.52. The quantitative estimate of drug-likeness (QED) is 0.329. The molecule has 5 rings (SSSR count). The van der Waals surface area contributed by atoms with Crippen molar-refractivity contribution in [2.75, 3.05) is 5.32 Å². The predicted molar refractivity (Wildman–Crippen MR) is 138 cm³/mol. The molecule has 1 fully saturated rings. The van der Waals surface area contributed by atoms with Crippen LogP contribution in [0.5, 0.6) is 11.8 Å². The van der Waals surface area contributed by atoms with Crippen LogP contribution < -0.4 is 10.1 Å². The normalized spacial score (nSPS) is 13.4. The summed E-state index contributed by atoms with van der Waals surface area (Å²) in [5.41, 5.74) is 5.05. The van der Waals surface area contributed by atoms with Crippen molar-refractivity contribution in [2.24, 2.45) is 7.05 Å². The van der Waals surface area contributed by atoms with Crippen LogP contribution in [0.25, 0.3) is 22.2 Å². The summed E-state index contributed by atoms with van der Waals surface area (Å²) in [6.07, 6.45) is 4.37. The molecule has 0 bridgehead atoms. The molecule has 1 N–H and O–H groups in total. The van der Waals surface area contributed by atoms with Crippen LogP contribution in [0.15, 0.2) is 48.7 Å². The van der Waals surface area contributed by atoms with Gasteiger partial charge in [0.15, 0.2) is 0 Å². The van der Waals surface area contributed by atoms with Gasteiger partial charge in [-0.2, -0.15) is 5.26 Å². The molecule has 2 aromatic carbocycles. The highest BCUT2D eigenvalue weighted by molar-refractivity contribution is 5.96. The van der Waals surface area contributed by atoms with Crippen molar-refractivity contribution in [3.63, 3.8) is 0 Å². The SMILES string of the molecule is Cc1cnc(Oc2ccc3c(C#N)c(-c4ccc(NC(=O)OC(C)C)cc4)n(C4CCC4)c3c2)n1C. The monoisotopic (exact) mass is 483 g/mol. The number of hydrogen-bond donors (Lipinski definition) is 1. The molecule has 2 aromatic heterocycles. The van der Waals surface area contributed by atoms with Crippen LogP contribution in [0, 0.1) is 18.3 Å². The molecule has 2 heterocycles. The maximum absolute atomic E-state index is 12.0. The molecule has 1 saturated carbocycles. The molecule has 1 aliphatic carbocycles. The van der Waals surface area contributed by atoms with E-state index in [2.05, 4.69) is 20.9 Å². The van der Waals surface area contributed by atoms with E-state index in [1.165, 1.54) is 0 Å². The Morgan fingerprint density at radius 2 is 1.94 bits per heavy atom. The van der Waals surface area contributed by atoms with Gasteiger partial charge >= 0.3 is 12.1 Å². The summed E-state index contributed by atoms with van der Waals surface area (Å²) >= 11 is 0. The Balaban J connectivity index is 1.56. The number of hydrogen-bond acceptors (Lipinski definition) is 5. The topological polar surface area (TPSA) is 94.1 Å². The van der Waals surface area contributed by atoms with Gasteiger partial charge in [-0.1, -0.05) is 12.1 Å². The summed E-state index contributed by atoms with van der Waals surface area (Å²) in [5.74, 6) is 0.675. The van der Waals surface area contributed by atoms with Gasteiger partial charge in [-0.15, -0.1) is 0 Å². The molecule has 36 heavy (non-hydrogen) atoms. The minimum Gasteiger partial charge on any atom is -0.447 e. The van der Waals surface area contributed by atoms with Crippen LogP contribution in [0.2, 0.25) is 0 Å². The lowest BCUT2D eigenvalue weighted by Gasteiger charge is -2.30. The number of carbonyl (C=O) groups excluding carboxylic acids is 1. The van der Waals surface area contributed by atoms with E-state index in [1.54, 1.807) is 20.0 Å². The van der Waals surface area contributed by atoms with Crippen molar-refractivity contribution in [3.8, 4) is 29.1 Å². The molecule has 0 radical (unpaired) electrons. The largest absolute Gasteiger partial charge is 0.447 e. The second kappa shape index (κ2) is 9.42. The molecule has 4 aromatic rings. The zero-order chi connectivity index (χ0) is 25.4. The van der Waals surface area contributed by atoms with Crippen molar-refractivity contribution in [1.82, 2.24) is 14.1 Å². The summed E-state index contributed by atoms with van der Waals surface area (Å²) in [6, 6.07) is 16.6. The third kappa shape index (κ3) is 4.29. The van der Waals surface area contributed by atoms with Gasteiger partial charge < -0.3 is 18.6 Å². The highest BCUT2D eigenvalue weighted by Gasteiger charge is 2.28. The van der Waals surface area contributed by atoms with Gasteiger partial charge in [0.2, 0.25) is 0 Å². The van der Waals surface area contributed by atoms with Crippen LogP contribution in [-0.2, 0) is 11.8 Å². The van der Waals surface area contributed by atoms with Gasteiger partial charge in [0.25, 0.3) is 0 Å². The number of carbonyl (C=O) groups is 1. The molecule has 0 aliphatic heterocycles. The Morgan fingerprint density at radius 3 is 2.53 bits per heavy atom. The fourth-order valence-corrected chi connectivity index (χ4v) is 4.52. The number of nitrogens with zero attached hydrogens (tertiary/aromatic N) is 4. The third-order valence-corrected chi connectivity index (χ3v) is 6.66. The number of nitriles is 1. The van der Waals surface area contributed by atoms with Gasteiger partial charge in [-0.3, -0.25) is 5.32 Å². The molecule has 1 aliphatic rings. The van der Waals surface area contributed by atoms with Crippen molar-refractivity contribution >= 4 is 22.7 Å². The minimum atomic E-state index is -0.491. The summed E-state index contributed by atoms with van der Waals surface area (Å²) < 4.78 is 15.4. The molecule has 8 nitrogen and oxygen atoms in total. The number of benzene rings is 2. The summed E-state index contributed by atoms with van der Waals surface area (Å²) in [5, 5.41) is 13.8. The third-order valence-electron chi connectivity index (χ3n) is 6.66. The smallest absolute Gasteiger partial charge is 0.411 e. The predicted octanol–water partition coefficient (Wildman–Crippen LogP) is 6.70. The van der Waals surface area contributed by atoms with Crippen molar-refractivity contribution in [2.45, 2.75) is 52.2 Å². The molecule has 8 heteroatoms. The van der Waals surface area contributed by atoms with E-state index in [1.807, 2.05) is 61.0 Å². The lowest BCUT2D eigenvalue weighted by molar-refractivity contribution is 0.130. The number of anilines is 1. The number of amides is 1. The number of aromatic nitrogens is 3. The standard InChI is InChI=1S/C28H29N5O3/c1-17(2)35-28(34)31-20-10-8-19(9-11-20)26-24(15-29)23-13-12-22(36-27-30-16-18(3)32(27)4)14-25(23)33(26)21-6-5-7-21/h8-14,16-17,21H,5-7H2,1-4H3,(H,31,34). The van der Waals surface area contributed by atoms with Gasteiger partial charge in [0.05, 0.1) is 29.1 Å². The molecular weight excluding hydrogens is 454 g/mol. The first-order valence-electron chi connectivity index (χ1n) is 12.2. The van der Waals surface area contributed by atoms with Crippen LogP contribution in [0.1, 0.15) is 50.4 Å². The lowest BCUT2D eigenvalue weighted by atomic mass is 9.92. The molecule has 0 atom stereocenters. The second-order valence-electron chi connectivity index (χ2n) is 9.47. The highest BCUT2D eigenvalue weighted by Crippen LogP contribution is 2.43. The molecule has 0 unspecified atom stereocenters. The van der Waals surface area contributed by atoms with Crippen molar-refractivity contribution in [1.29, 1.82) is 5.26 Å². The first-order chi connectivity index (χ1) is 17.4. The van der Waals surface area contributed by atoms with E-state index in [9.17, 15) is 10.1 Å². The molecular formula is C28H29N5O3. The average Bonchev–Trinajstić information content (AvgIpc) is 3.29. The summed E-state index contributed by atoms with van der Waals surface area (Å²) in [4.78, 5) is 16.3. The van der Waals surface area contributed by atoms with E-state index in [4.69, 9.17) is 9.47 Å². The molecule has 0 saturated heterocycles. The number of imidazole rings is 1. The van der Waals surface area contributed by atoms with Gasteiger partial charge in [-0.25, -0.2) is 9.78 Å². The minimum absolute atomic E-state index is 0.198.